The molecule has 0 radical (unpaired) electrons. The number of fused-ring (bicyclic) bond motifs is 1. The van der Waals surface area contributed by atoms with Crippen molar-refractivity contribution < 1.29 is 9.21 Å². The van der Waals surface area contributed by atoms with Gasteiger partial charge in [-0.2, -0.15) is 0 Å². The van der Waals surface area contributed by atoms with Gasteiger partial charge in [-0.05, 0) is 13.0 Å². The van der Waals surface area contributed by atoms with E-state index in [-0.39, 0.29) is 11.0 Å². The molecule has 1 N–H and O–H groups in total. The lowest BCUT2D eigenvalue weighted by atomic mass is 10.1. The van der Waals surface area contributed by atoms with Crippen molar-refractivity contribution in [3.63, 3.8) is 0 Å². The second-order valence-corrected chi connectivity index (χ2v) is 6.90. The number of benzene rings is 2. The summed E-state index contributed by atoms with van der Waals surface area (Å²) in [6.45, 7) is 1.84. The Morgan fingerprint density at radius 3 is 2.68 bits per heavy atom. The van der Waals surface area contributed by atoms with Crippen LogP contribution in [0, 0.1) is 0 Å². The Hall–Kier alpha value is -2.86. The third kappa shape index (κ3) is 3.08. The van der Waals surface area contributed by atoms with E-state index in [9.17, 15) is 4.79 Å². The maximum atomic E-state index is 12.4. The molecule has 0 aliphatic rings. The van der Waals surface area contributed by atoms with Gasteiger partial charge in [0.15, 0.2) is 5.78 Å². The summed E-state index contributed by atoms with van der Waals surface area (Å²) < 4.78 is 5.76. The van der Waals surface area contributed by atoms with Gasteiger partial charge in [-0.3, -0.25) is 4.79 Å². The number of H-pyrrole nitrogens is 1. The van der Waals surface area contributed by atoms with Gasteiger partial charge in [-0.1, -0.05) is 60.3 Å². The fourth-order valence-electron chi connectivity index (χ4n) is 2.66. The van der Waals surface area contributed by atoms with Gasteiger partial charge in [0.2, 0.25) is 0 Å². The molecule has 1 atom stereocenters. The highest BCUT2D eigenvalue weighted by Gasteiger charge is 2.20. The van der Waals surface area contributed by atoms with Crippen LogP contribution in [0.2, 0.25) is 0 Å². The zero-order chi connectivity index (χ0) is 17.2. The molecule has 4 aromatic rings. The van der Waals surface area contributed by atoms with Crippen molar-refractivity contribution >= 4 is 28.4 Å². The summed E-state index contributed by atoms with van der Waals surface area (Å²) in [5.74, 6) is 0.483. The number of hydrogen-bond acceptors (Lipinski definition) is 5. The molecule has 2 aromatic carbocycles. The maximum absolute atomic E-state index is 12.4. The molecule has 0 aliphatic heterocycles. The van der Waals surface area contributed by atoms with Crippen LogP contribution in [0.25, 0.3) is 22.4 Å². The molecule has 0 unspecified atom stereocenters. The fourth-order valence-corrected chi connectivity index (χ4v) is 3.42. The van der Waals surface area contributed by atoms with Gasteiger partial charge in [-0.25, -0.2) is 0 Å². The van der Waals surface area contributed by atoms with Crippen molar-refractivity contribution in [2.75, 3.05) is 0 Å². The predicted octanol–water partition coefficient (Wildman–Crippen LogP) is 4.58. The molecule has 4 rings (SSSR count). The van der Waals surface area contributed by atoms with Crippen LogP contribution in [0.1, 0.15) is 17.3 Å². The Balaban J connectivity index is 1.54. The minimum Gasteiger partial charge on any atom is -0.411 e. The number of aromatic nitrogens is 3. The van der Waals surface area contributed by atoms with Crippen LogP contribution < -0.4 is 0 Å². The number of carbonyl (C=O) groups excluding carboxylic acids is 1. The number of thioether (sulfide) groups is 1. The van der Waals surface area contributed by atoms with E-state index in [1.54, 1.807) is 0 Å². The maximum Gasteiger partial charge on any atom is 0.277 e. The van der Waals surface area contributed by atoms with Crippen molar-refractivity contribution in [2.45, 2.75) is 17.4 Å². The Morgan fingerprint density at radius 1 is 1.08 bits per heavy atom. The van der Waals surface area contributed by atoms with E-state index < -0.39 is 0 Å². The monoisotopic (exact) mass is 349 g/mol. The van der Waals surface area contributed by atoms with Gasteiger partial charge in [0.25, 0.3) is 11.1 Å². The summed E-state index contributed by atoms with van der Waals surface area (Å²) in [4.78, 5) is 15.6. The van der Waals surface area contributed by atoms with E-state index >= 15 is 0 Å². The second kappa shape index (κ2) is 6.57. The molecule has 2 heterocycles. The van der Waals surface area contributed by atoms with Gasteiger partial charge >= 0.3 is 0 Å². The highest BCUT2D eigenvalue weighted by Crippen LogP contribution is 2.31. The first-order chi connectivity index (χ1) is 12.2. The molecule has 0 amide bonds. The number of nitrogens with zero attached hydrogens (tertiary/aromatic N) is 2. The van der Waals surface area contributed by atoms with Crippen molar-refractivity contribution in [1.29, 1.82) is 0 Å². The summed E-state index contributed by atoms with van der Waals surface area (Å²) in [5.41, 5.74) is 2.55. The summed E-state index contributed by atoms with van der Waals surface area (Å²) in [6, 6.07) is 17.1. The first-order valence-corrected chi connectivity index (χ1v) is 8.76. The van der Waals surface area contributed by atoms with Crippen LogP contribution in [-0.4, -0.2) is 26.2 Å². The van der Waals surface area contributed by atoms with Crippen LogP contribution in [0.5, 0.6) is 0 Å². The van der Waals surface area contributed by atoms with E-state index in [1.807, 2.05) is 67.7 Å². The number of Topliss-reactive ketones (excluding diaryl/α,β-unsaturated/α-hetero) is 1. The van der Waals surface area contributed by atoms with E-state index in [0.717, 1.165) is 16.5 Å². The zero-order valence-electron chi connectivity index (χ0n) is 13.5. The average molecular weight is 349 g/mol. The number of para-hydroxylation sites is 1. The summed E-state index contributed by atoms with van der Waals surface area (Å²) in [6.07, 6.45) is 1.85. The number of aromatic amines is 1. The highest BCUT2D eigenvalue weighted by atomic mass is 32.2. The highest BCUT2D eigenvalue weighted by molar-refractivity contribution is 8.00. The Labute approximate surface area is 148 Å². The average Bonchev–Trinajstić information content (AvgIpc) is 3.28. The Bertz CT molecular complexity index is 1020. The topological polar surface area (TPSA) is 71.8 Å². The van der Waals surface area contributed by atoms with Crippen molar-refractivity contribution in [3.05, 3.63) is 66.4 Å². The van der Waals surface area contributed by atoms with Gasteiger partial charge in [-0.15, -0.1) is 10.2 Å². The van der Waals surface area contributed by atoms with Crippen LogP contribution in [-0.2, 0) is 0 Å². The number of carbonyl (C=O) groups is 1. The second-order valence-electron chi connectivity index (χ2n) is 5.61. The third-order valence-electron chi connectivity index (χ3n) is 3.93. The lowest BCUT2D eigenvalue weighted by Crippen LogP contribution is -2.13. The smallest absolute Gasteiger partial charge is 0.277 e. The van der Waals surface area contributed by atoms with Gasteiger partial charge in [0, 0.05) is 22.7 Å². The van der Waals surface area contributed by atoms with E-state index in [4.69, 9.17) is 4.42 Å². The van der Waals surface area contributed by atoms with Crippen LogP contribution in [0.4, 0.5) is 0 Å². The molecule has 25 heavy (non-hydrogen) atoms. The molecule has 2 aromatic heterocycles. The molecule has 0 spiro atoms. The third-order valence-corrected chi connectivity index (χ3v) is 4.87. The zero-order valence-corrected chi connectivity index (χ0v) is 14.3. The van der Waals surface area contributed by atoms with E-state index in [0.29, 0.717) is 16.7 Å². The van der Waals surface area contributed by atoms with Crippen LogP contribution in [0.15, 0.2) is 70.4 Å². The standard InChI is InChI=1S/C19H15N3O2S/c1-12(17(23)13-7-3-2-4-8-13)25-19-22-21-18(24-19)15-11-20-16-10-6-5-9-14(15)16/h2-12,20H,1H3/t12-/m0/s1. The minimum atomic E-state index is -0.307. The lowest BCUT2D eigenvalue weighted by Gasteiger charge is -2.06. The minimum absolute atomic E-state index is 0.0393. The Morgan fingerprint density at radius 2 is 1.84 bits per heavy atom. The number of hydrogen-bond donors (Lipinski definition) is 1. The van der Waals surface area contributed by atoms with Gasteiger partial charge in [0.05, 0.1) is 10.8 Å². The fraction of sp³-hybridized carbons (Fsp3) is 0.105. The number of rotatable bonds is 5. The molecule has 5 nitrogen and oxygen atoms in total. The predicted molar refractivity (Wildman–Crippen MR) is 97.7 cm³/mol. The molecular formula is C19H15N3O2S. The quantitative estimate of drug-likeness (QED) is 0.422. The van der Waals surface area contributed by atoms with Crippen LogP contribution >= 0.6 is 11.8 Å². The summed E-state index contributed by atoms with van der Waals surface area (Å²) in [5, 5.41) is 9.30. The van der Waals surface area contributed by atoms with Gasteiger partial charge in [0.1, 0.15) is 0 Å². The molecule has 0 aliphatic carbocycles. The van der Waals surface area contributed by atoms with Crippen LogP contribution in [0.3, 0.4) is 0 Å². The van der Waals surface area contributed by atoms with E-state index in [2.05, 4.69) is 15.2 Å². The molecule has 0 fully saturated rings. The first kappa shape index (κ1) is 15.7. The van der Waals surface area contributed by atoms with Crippen molar-refractivity contribution in [1.82, 2.24) is 15.2 Å². The SMILES string of the molecule is C[C@H](Sc1nnc(-c2c[nH]c3ccccc23)o1)C(=O)c1ccccc1. The summed E-state index contributed by atoms with van der Waals surface area (Å²) >= 11 is 1.27. The number of ketones is 1. The Kier molecular flexibility index (Phi) is 4.11. The molecule has 0 saturated carbocycles. The largest absolute Gasteiger partial charge is 0.411 e. The normalized spacial score (nSPS) is 12.4. The molecular weight excluding hydrogens is 334 g/mol. The lowest BCUT2D eigenvalue weighted by molar-refractivity contribution is 0.0993. The molecule has 124 valence electrons. The van der Waals surface area contributed by atoms with Gasteiger partial charge < -0.3 is 9.40 Å². The first-order valence-electron chi connectivity index (χ1n) is 7.88. The molecule has 0 saturated heterocycles. The molecule has 0 bridgehead atoms. The van der Waals surface area contributed by atoms with E-state index in [1.165, 1.54) is 11.8 Å². The number of nitrogens with one attached hydrogen (secondary N) is 1. The molecule has 6 heteroatoms. The summed E-state index contributed by atoms with van der Waals surface area (Å²) in [7, 11) is 0. The van der Waals surface area contributed by atoms with Crippen molar-refractivity contribution in [3.8, 4) is 11.5 Å². The van der Waals surface area contributed by atoms with Crippen molar-refractivity contribution in [2.24, 2.45) is 0 Å².